The van der Waals surface area contributed by atoms with Crippen LogP contribution in [0.25, 0.3) is 0 Å². The number of aryl methyl sites for hydroxylation is 1. The normalized spacial score (nSPS) is 24.2. The van der Waals surface area contributed by atoms with Gasteiger partial charge in [0, 0.05) is 48.4 Å². The average Bonchev–Trinajstić information content (AvgIpc) is 3.02. The number of benzene rings is 1. The highest BCUT2D eigenvalue weighted by atomic mass is 32.2. The van der Waals surface area contributed by atoms with Crippen LogP contribution in [-0.2, 0) is 11.8 Å². The van der Waals surface area contributed by atoms with Gasteiger partial charge in [0.1, 0.15) is 0 Å². The fourth-order valence-electron chi connectivity index (χ4n) is 3.51. The molecule has 2 N–H and O–H groups in total. The van der Waals surface area contributed by atoms with Crippen LogP contribution in [0, 0.1) is 5.92 Å². The van der Waals surface area contributed by atoms with Gasteiger partial charge in [0.25, 0.3) is 0 Å². The molecule has 25 heavy (non-hydrogen) atoms. The standard InChI is InChI=1S/C19H24N4OS/c1-23-12-14(9-22-23)16-10-20-11-17(16)18(24)21-13-19(7-8-19)25-15-5-3-2-4-6-15/h2-6,9,12,16-17,20H,7-8,10-11,13H2,1H3,(H,21,24)/t16-,17+/m1/s1. The summed E-state index contributed by atoms with van der Waals surface area (Å²) in [6.45, 7) is 2.33. The summed E-state index contributed by atoms with van der Waals surface area (Å²) in [6, 6.07) is 10.5. The van der Waals surface area contributed by atoms with Crippen molar-refractivity contribution in [1.29, 1.82) is 0 Å². The van der Waals surface area contributed by atoms with Crippen molar-refractivity contribution in [3.05, 3.63) is 48.3 Å². The van der Waals surface area contributed by atoms with Crippen LogP contribution in [0.15, 0.2) is 47.6 Å². The van der Waals surface area contributed by atoms with E-state index in [0.717, 1.165) is 25.2 Å². The van der Waals surface area contributed by atoms with Gasteiger partial charge in [-0.05, 0) is 30.5 Å². The maximum Gasteiger partial charge on any atom is 0.225 e. The Hall–Kier alpha value is -1.79. The number of hydrogen-bond donors (Lipinski definition) is 2. The molecule has 5 nitrogen and oxygen atoms in total. The summed E-state index contributed by atoms with van der Waals surface area (Å²) < 4.78 is 1.99. The molecule has 2 aromatic rings. The molecule has 2 heterocycles. The Morgan fingerprint density at radius 2 is 2.16 bits per heavy atom. The Labute approximate surface area is 152 Å². The van der Waals surface area contributed by atoms with E-state index >= 15 is 0 Å². The van der Waals surface area contributed by atoms with Crippen LogP contribution in [0.2, 0.25) is 0 Å². The molecule has 2 aliphatic rings. The molecule has 1 aromatic carbocycles. The largest absolute Gasteiger partial charge is 0.354 e. The lowest BCUT2D eigenvalue weighted by molar-refractivity contribution is -0.124. The molecule has 1 aromatic heterocycles. The van der Waals surface area contributed by atoms with Crippen LogP contribution in [0.1, 0.15) is 24.3 Å². The van der Waals surface area contributed by atoms with Crippen molar-refractivity contribution >= 4 is 17.7 Å². The quantitative estimate of drug-likeness (QED) is 0.833. The van der Waals surface area contributed by atoms with E-state index in [9.17, 15) is 4.79 Å². The first kappa shape index (κ1) is 16.7. The van der Waals surface area contributed by atoms with Crippen molar-refractivity contribution < 1.29 is 4.79 Å². The molecule has 4 rings (SSSR count). The molecule has 1 aliphatic carbocycles. The molecule has 0 unspecified atom stereocenters. The van der Waals surface area contributed by atoms with E-state index in [1.54, 1.807) is 4.68 Å². The molecule has 0 spiro atoms. The second-order valence-electron chi connectivity index (χ2n) is 7.13. The minimum Gasteiger partial charge on any atom is -0.354 e. The third-order valence-corrected chi connectivity index (χ3v) is 6.67. The van der Waals surface area contributed by atoms with Gasteiger partial charge in [-0.1, -0.05) is 18.2 Å². The number of thioether (sulfide) groups is 1. The summed E-state index contributed by atoms with van der Waals surface area (Å²) in [5, 5.41) is 10.8. The van der Waals surface area contributed by atoms with E-state index in [0.29, 0.717) is 0 Å². The molecule has 1 saturated heterocycles. The van der Waals surface area contributed by atoms with Crippen LogP contribution in [-0.4, -0.2) is 40.1 Å². The summed E-state index contributed by atoms with van der Waals surface area (Å²) in [7, 11) is 1.92. The molecule has 1 amide bonds. The summed E-state index contributed by atoms with van der Waals surface area (Å²) in [6.07, 6.45) is 6.24. The lowest BCUT2D eigenvalue weighted by Gasteiger charge is -2.20. The number of carbonyl (C=O) groups is 1. The van der Waals surface area contributed by atoms with E-state index in [1.807, 2.05) is 37.3 Å². The highest BCUT2D eigenvalue weighted by Crippen LogP contribution is 2.51. The number of nitrogens with zero attached hydrogens (tertiary/aromatic N) is 2. The maximum atomic E-state index is 12.8. The molecule has 1 aliphatic heterocycles. The minimum atomic E-state index is -0.0123. The molecule has 0 bridgehead atoms. The molecule has 2 atom stereocenters. The van der Waals surface area contributed by atoms with E-state index in [2.05, 4.69) is 40.0 Å². The molecule has 1 saturated carbocycles. The van der Waals surface area contributed by atoms with Crippen LogP contribution in [0.3, 0.4) is 0 Å². The topological polar surface area (TPSA) is 59.0 Å². The van der Waals surface area contributed by atoms with Gasteiger partial charge in [0.05, 0.1) is 12.1 Å². The predicted octanol–water partition coefficient (Wildman–Crippen LogP) is 2.16. The molecule has 2 fully saturated rings. The Balaban J connectivity index is 1.35. The van der Waals surface area contributed by atoms with Crippen molar-refractivity contribution in [2.45, 2.75) is 28.4 Å². The van der Waals surface area contributed by atoms with Gasteiger partial charge in [-0.3, -0.25) is 9.48 Å². The zero-order chi connectivity index (χ0) is 17.3. The predicted molar refractivity (Wildman–Crippen MR) is 99.6 cm³/mol. The molecule has 0 radical (unpaired) electrons. The first-order chi connectivity index (χ1) is 12.2. The van der Waals surface area contributed by atoms with Gasteiger partial charge < -0.3 is 10.6 Å². The van der Waals surface area contributed by atoms with Gasteiger partial charge in [0.15, 0.2) is 0 Å². The summed E-state index contributed by atoms with van der Waals surface area (Å²) in [5.41, 5.74) is 1.15. The Kier molecular flexibility index (Phi) is 4.56. The molecular formula is C19H24N4OS. The summed E-state index contributed by atoms with van der Waals surface area (Å²) in [5.74, 6) is 0.367. The first-order valence-electron chi connectivity index (χ1n) is 8.86. The van der Waals surface area contributed by atoms with Crippen molar-refractivity contribution in [3.63, 3.8) is 0 Å². The van der Waals surface area contributed by atoms with Crippen molar-refractivity contribution in [2.75, 3.05) is 19.6 Å². The molecular weight excluding hydrogens is 332 g/mol. The van der Waals surface area contributed by atoms with Crippen LogP contribution >= 0.6 is 11.8 Å². The summed E-state index contributed by atoms with van der Waals surface area (Å²) >= 11 is 1.90. The van der Waals surface area contributed by atoms with E-state index in [4.69, 9.17) is 0 Å². The van der Waals surface area contributed by atoms with Crippen molar-refractivity contribution in [3.8, 4) is 0 Å². The average molecular weight is 356 g/mol. The maximum absolute atomic E-state index is 12.8. The van der Waals surface area contributed by atoms with Crippen LogP contribution < -0.4 is 10.6 Å². The van der Waals surface area contributed by atoms with E-state index in [1.165, 1.54) is 17.7 Å². The van der Waals surface area contributed by atoms with Crippen molar-refractivity contribution in [2.24, 2.45) is 13.0 Å². The van der Waals surface area contributed by atoms with Crippen LogP contribution in [0.5, 0.6) is 0 Å². The number of aromatic nitrogens is 2. The van der Waals surface area contributed by atoms with Gasteiger partial charge in [-0.25, -0.2) is 0 Å². The first-order valence-corrected chi connectivity index (χ1v) is 9.68. The van der Waals surface area contributed by atoms with Gasteiger partial charge in [-0.15, -0.1) is 11.8 Å². The Morgan fingerprint density at radius 1 is 1.36 bits per heavy atom. The van der Waals surface area contributed by atoms with Crippen molar-refractivity contribution in [1.82, 2.24) is 20.4 Å². The lowest BCUT2D eigenvalue weighted by atomic mass is 9.90. The number of rotatable bonds is 6. The second kappa shape index (κ2) is 6.84. The molecule has 6 heteroatoms. The highest BCUT2D eigenvalue weighted by Gasteiger charge is 2.44. The lowest BCUT2D eigenvalue weighted by Crippen LogP contribution is -2.38. The van der Waals surface area contributed by atoms with Crippen LogP contribution in [0.4, 0.5) is 0 Å². The molecule has 132 valence electrons. The second-order valence-corrected chi connectivity index (χ2v) is 8.68. The monoisotopic (exact) mass is 356 g/mol. The smallest absolute Gasteiger partial charge is 0.225 e. The zero-order valence-corrected chi connectivity index (χ0v) is 15.3. The Bertz CT molecular complexity index is 741. The van der Waals surface area contributed by atoms with E-state index < -0.39 is 0 Å². The third-order valence-electron chi connectivity index (χ3n) is 5.17. The third kappa shape index (κ3) is 3.75. The van der Waals surface area contributed by atoms with Gasteiger partial charge in [-0.2, -0.15) is 5.10 Å². The zero-order valence-electron chi connectivity index (χ0n) is 14.4. The van der Waals surface area contributed by atoms with Gasteiger partial charge in [0.2, 0.25) is 5.91 Å². The number of hydrogen-bond acceptors (Lipinski definition) is 4. The van der Waals surface area contributed by atoms with Gasteiger partial charge >= 0.3 is 0 Å². The SMILES string of the molecule is Cn1cc([C@H]2CNC[C@@H]2C(=O)NCC2(Sc3ccccc3)CC2)cn1. The fraction of sp³-hybridized carbons (Fsp3) is 0.474. The fourth-order valence-corrected chi connectivity index (χ4v) is 4.75. The summed E-state index contributed by atoms with van der Waals surface area (Å²) in [4.78, 5) is 14.1. The number of carbonyl (C=O) groups excluding carboxylic acids is 1. The van der Waals surface area contributed by atoms with E-state index in [-0.39, 0.29) is 22.5 Å². The highest BCUT2D eigenvalue weighted by molar-refractivity contribution is 8.01. The Morgan fingerprint density at radius 3 is 2.84 bits per heavy atom. The number of amides is 1. The number of nitrogens with one attached hydrogen (secondary N) is 2. The minimum absolute atomic E-state index is 0.0123.